The van der Waals surface area contributed by atoms with E-state index in [0.29, 0.717) is 32.5 Å². The number of nitrogens with two attached hydrogens (primary N) is 1. The fourth-order valence-electron chi connectivity index (χ4n) is 2.46. The van der Waals surface area contributed by atoms with E-state index in [0.717, 1.165) is 0 Å². The molecule has 0 aliphatic carbocycles. The first-order valence-corrected chi connectivity index (χ1v) is 6.65. The monoisotopic (exact) mass is 281 g/mol. The van der Waals surface area contributed by atoms with Crippen LogP contribution >= 0.6 is 0 Å². The molecule has 20 heavy (non-hydrogen) atoms. The van der Waals surface area contributed by atoms with Crippen molar-refractivity contribution in [1.82, 2.24) is 19.9 Å². The minimum absolute atomic E-state index is 0.224. The van der Waals surface area contributed by atoms with Crippen LogP contribution in [0.5, 0.6) is 0 Å². The molecule has 1 fully saturated rings. The van der Waals surface area contributed by atoms with Crippen molar-refractivity contribution in [2.24, 2.45) is 11.1 Å². The highest BCUT2D eigenvalue weighted by Gasteiger charge is 2.45. The summed E-state index contributed by atoms with van der Waals surface area (Å²) in [4.78, 5) is 25.2. The van der Waals surface area contributed by atoms with Gasteiger partial charge < -0.3 is 15.7 Å². The van der Waals surface area contributed by atoms with Gasteiger partial charge in [-0.25, -0.2) is 0 Å². The normalized spacial score (nSPS) is 22.2. The first kappa shape index (κ1) is 14.4. The summed E-state index contributed by atoms with van der Waals surface area (Å²) in [5.74, 6) is -1.12. The molecule has 1 aromatic rings. The molecule has 1 unspecified atom stereocenters. The zero-order chi connectivity index (χ0) is 14.8. The topological polar surface area (TPSA) is 114 Å². The van der Waals surface area contributed by atoms with E-state index in [2.05, 4.69) is 10.3 Å². The summed E-state index contributed by atoms with van der Waals surface area (Å²) in [6.45, 7) is 3.40. The van der Waals surface area contributed by atoms with Crippen molar-refractivity contribution in [3.8, 4) is 0 Å². The van der Waals surface area contributed by atoms with Crippen molar-refractivity contribution < 1.29 is 14.7 Å². The number of carboxylic acids is 1. The second-order valence-corrected chi connectivity index (χ2v) is 5.07. The lowest BCUT2D eigenvalue weighted by Crippen LogP contribution is -2.36. The van der Waals surface area contributed by atoms with Crippen molar-refractivity contribution >= 4 is 11.9 Å². The van der Waals surface area contributed by atoms with Gasteiger partial charge >= 0.3 is 5.97 Å². The first-order chi connectivity index (χ1) is 9.52. The second kappa shape index (κ2) is 5.58. The number of aliphatic carboxylic acids is 1. The van der Waals surface area contributed by atoms with Crippen molar-refractivity contribution in [2.75, 3.05) is 19.6 Å². The van der Waals surface area contributed by atoms with Gasteiger partial charge in [-0.1, -0.05) is 12.1 Å². The third kappa shape index (κ3) is 2.51. The van der Waals surface area contributed by atoms with Crippen molar-refractivity contribution in [3.05, 3.63) is 11.9 Å². The Hall–Kier alpha value is -1.96. The summed E-state index contributed by atoms with van der Waals surface area (Å²) < 4.78 is 1.51. The van der Waals surface area contributed by atoms with Crippen molar-refractivity contribution in [3.63, 3.8) is 0 Å². The number of amides is 1. The Balaban J connectivity index is 2.09. The van der Waals surface area contributed by atoms with Crippen LogP contribution in [0.25, 0.3) is 0 Å². The molecular formula is C12H19N5O3. The number of rotatable bonds is 5. The van der Waals surface area contributed by atoms with E-state index in [-0.39, 0.29) is 18.1 Å². The Morgan fingerprint density at radius 2 is 2.30 bits per heavy atom. The predicted molar refractivity (Wildman–Crippen MR) is 70.0 cm³/mol. The molecule has 110 valence electrons. The number of nitrogens with zero attached hydrogens (tertiary/aromatic N) is 4. The van der Waals surface area contributed by atoms with Crippen LogP contribution in [0.3, 0.4) is 0 Å². The first-order valence-electron chi connectivity index (χ1n) is 6.65. The molecule has 1 amide bonds. The molecule has 2 rings (SSSR count). The van der Waals surface area contributed by atoms with E-state index < -0.39 is 11.4 Å². The van der Waals surface area contributed by atoms with Gasteiger partial charge in [0.2, 0.25) is 0 Å². The smallest absolute Gasteiger partial charge is 0.311 e. The summed E-state index contributed by atoms with van der Waals surface area (Å²) in [5.41, 5.74) is 4.81. The molecule has 0 spiro atoms. The quantitative estimate of drug-likeness (QED) is 0.756. The average molecular weight is 281 g/mol. The SMILES string of the molecule is CCC1(C(=O)O)CCN(C(=O)c2cn(CCN)nn2)C1. The van der Waals surface area contributed by atoms with Crippen LogP contribution in [0, 0.1) is 5.41 Å². The summed E-state index contributed by atoms with van der Waals surface area (Å²) in [6.07, 6.45) is 2.52. The van der Waals surface area contributed by atoms with E-state index in [1.807, 2.05) is 6.92 Å². The highest BCUT2D eigenvalue weighted by molar-refractivity contribution is 5.92. The molecule has 8 nitrogen and oxygen atoms in total. The number of likely N-dealkylation sites (tertiary alicyclic amines) is 1. The van der Waals surface area contributed by atoms with E-state index in [9.17, 15) is 14.7 Å². The minimum atomic E-state index is -0.845. The lowest BCUT2D eigenvalue weighted by Gasteiger charge is -2.22. The van der Waals surface area contributed by atoms with Crippen molar-refractivity contribution in [1.29, 1.82) is 0 Å². The van der Waals surface area contributed by atoms with Gasteiger partial charge in [-0.3, -0.25) is 14.3 Å². The number of carboxylic acid groups (broad SMARTS) is 1. The molecule has 2 heterocycles. The number of carbonyl (C=O) groups excluding carboxylic acids is 1. The zero-order valence-electron chi connectivity index (χ0n) is 11.4. The molecule has 1 atom stereocenters. The lowest BCUT2D eigenvalue weighted by atomic mass is 9.84. The molecule has 1 saturated heterocycles. The standard InChI is InChI=1S/C12H19N5O3/c1-2-12(11(19)20)3-5-16(8-12)10(18)9-7-17(6-4-13)15-14-9/h7H,2-6,8,13H2,1H3,(H,19,20). The summed E-state index contributed by atoms with van der Waals surface area (Å²) >= 11 is 0. The molecule has 1 aliphatic heterocycles. The molecule has 0 radical (unpaired) electrons. The Kier molecular flexibility index (Phi) is 4.03. The molecule has 0 bridgehead atoms. The molecule has 8 heteroatoms. The third-order valence-corrected chi connectivity index (χ3v) is 3.89. The van der Waals surface area contributed by atoms with Gasteiger partial charge in [-0.2, -0.15) is 0 Å². The molecule has 0 aromatic carbocycles. The maximum atomic E-state index is 12.3. The van der Waals surface area contributed by atoms with Gasteiger partial charge in [-0.05, 0) is 12.8 Å². The zero-order valence-corrected chi connectivity index (χ0v) is 11.4. The maximum Gasteiger partial charge on any atom is 0.311 e. The van der Waals surface area contributed by atoms with Crippen LogP contribution in [0.15, 0.2) is 6.20 Å². The number of hydrogen-bond acceptors (Lipinski definition) is 5. The predicted octanol–water partition coefficient (Wildman–Crippen LogP) is -0.436. The molecule has 3 N–H and O–H groups in total. The van der Waals surface area contributed by atoms with Crippen molar-refractivity contribution in [2.45, 2.75) is 26.3 Å². The Labute approximate surface area is 116 Å². The molecule has 1 aromatic heterocycles. The fourth-order valence-corrected chi connectivity index (χ4v) is 2.46. The van der Waals surface area contributed by atoms with Gasteiger partial charge in [0.25, 0.3) is 5.91 Å². The van der Waals surface area contributed by atoms with E-state index >= 15 is 0 Å². The highest BCUT2D eigenvalue weighted by Crippen LogP contribution is 2.34. The Morgan fingerprint density at radius 3 is 2.85 bits per heavy atom. The minimum Gasteiger partial charge on any atom is -0.481 e. The van der Waals surface area contributed by atoms with Crippen LogP contribution in [0.2, 0.25) is 0 Å². The van der Waals surface area contributed by atoms with Gasteiger partial charge in [0.1, 0.15) is 0 Å². The van der Waals surface area contributed by atoms with Gasteiger partial charge in [0.15, 0.2) is 5.69 Å². The van der Waals surface area contributed by atoms with Gasteiger partial charge in [-0.15, -0.1) is 5.10 Å². The maximum absolute atomic E-state index is 12.3. The van der Waals surface area contributed by atoms with Crippen LogP contribution < -0.4 is 5.73 Å². The molecule has 0 saturated carbocycles. The highest BCUT2D eigenvalue weighted by atomic mass is 16.4. The Bertz CT molecular complexity index is 515. The van der Waals surface area contributed by atoms with E-state index in [1.165, 1.54) is 9.58 Å². The summed E-state index contributed by atoms with van der Waals surface area (Å²) in [7, 11) is 0. The second-order valence-electron chi connectivity index (χ2n) is 5.07. The lowest BCUT2D eigenvalue weighted by molar-refractivity contribution is -0.148. The number of aromatic nitrogens is 3. The fraction of sp³-hybridized carbons (Fsp3) is 0.667. The number of carbonyl (C=O) groups is 2. The van der Waals surface area contributed by atoms with Crippen LogP contribution in [-0.2, 0) is 11.3 Å². The molecular weight excluding hydrogens is 262 g/mol. The third-order valence-electron chi connectivity index (χ3n) is 3.89. The van der Waals surface area contributed by atoms with Gasteiger partial charge in [0, 0.05) is 19.6 Å². The summed E-state index contributed by atoms with van der Waals surface area (Å²) in [6, 6.07) is 0. The Morgan fingerprint density at radius 1 is 1.55 bits per heavy atom. The van der Waals surface area contributed by atoms with E-state index in [4.69, 9.17) is 5.73 Å². The van der Waals surface area contributed by atoms with E-state index in [1.54, 1.807) is 6.20 Å². The van der Waals surface area contributed by atoms with Gasteiger partial charge in [0.05, 0.1) is 18.2 Å². The molecule has 1 aliphatic rings. The van der Waals surface area contributed by atoms with Crippen LogP contribution in [-0.4, -0.2) is 56.5 Å². The number of hydrogen-bond donors (Lipinski definition) is 2. The van der Waals surface area contributed by atoms with Crippen LogP contribution in [0.4, 0.5) is 0 Å². The summed E-state index contributed by atoms with van der Waals surface area (Å²) in [5, 5.41) is 17.0. The largest absolute Gasteiger partial charge is 0.481 e. The van der Waals surface area contributed by atoms with Crippen LogP contribution in [0.1, 0.15) is 30.3 Å². The average Bonchev–Trinajstić information content (AvgIpc) is 3.05.